The van der Waals surface area contributed by atoms with Crippen LogP contribution in [0.1, 0.15) is 128 Å². The molecule has 3 rings (SSSR count). The number of rotatable bonds is 19. The molecule has 2 aromatic carbocycles. The fourth-order valence-corrected chi connectivity index (χ4v) is 11.1. The number of hydrogen-bond acceptors (Lipinski definition) is 0. The highest BCUT2D eigenvalue weighted by atomic mass is 28.3. The molecule has 0 radical (unpaired) electrons. The molecule has 0 saturated carbocycles. The van der Waals surface area contributed by atoms with Crippen LogP contribution in [0.5, 0.6) is 0 Å². The van der Waals surface area contributed by atoms with Gasteiger partial charge < -0.3 is 0 Å². The van der Waals surface area contributed by atoms with Crippen LogP contribution in [0.2, 0.25) is 12.6 Å². The quantitative estimate of drug-likeness (QED) is 0.132. The third-order valence-electron chi connectivity index (χ3n) is 8.66. The van der Waals surface area contributed by atoms with Gasteiger partial charge in [0.25, 0.3) is 0 Å². The van der Waals surface area contributed by atoms with E-state index >= 15 is 0 Å². The smallest absolute Gasteiger partial charge is 0.0686 e. The van der Waals surface area contributed by atoms with Gasteiger partial charge in [0, 0.05) is 0 Å². The fraction of sp³-hybridized carbons (Fsp3) is 0.600. The lowest BCUT2D eigenvalue weighted by Gasteiger charge is -2.32. The van der Waals surface area contributed by atoms with Crippen molar-refractivity contribution < 1.29 is 0 Å². The summed E-state index contributed by atoms with van der Waals surface area (Å²) in [6, 6.07) is 22.1. The van der Waals surface area contributed by atoms with Crippen molar-refractivity contribution in [1.29, 1.82) is 0 Å². The number of allylic oxidation sites excluding steroid dienone is 1. The molecule has 0 saturated heterocycles. The van der Waals surface area contributed by atoms with Gasteiger partial charge in [-0.3, -0.25) is 0 Å². The minimum atomic E-state index is -1.73. The summed E-state index contributed by atoms with van der Waals surface area (Å²) in [5.41, 5.74) is 4.74. The van der Waals surface area contributed by atoms with E-state index in [1.165, 1.54) is 109 Å². The lowest BCUT2D eigenvalue weighted by molar-refractivity contribution is 0.531. The molecule has 1 atom stereocenters. The van der Waals surface area contributed by atoms with Crippen molar-refractivity contribution in [1.82, 2.24) is 0 Å². The molecule has 1 aliphatic carbocycles. The van der Waals surface area contributed by atoms with Gasteiger partial charge in [0.05, 0.1) is 0 Å². The lowest BCUT2D eigenvalue weighted by atomic mass is 10.0. The molecule has 2 aromatic rings. The molecule has 0 amide bonds. The predicted octanol–water partition coefficient (Wildman–Crippen LogP) is 10.8. The van der Waals surface area contributed by atoms with Crippen molar-refractivity contribution in [3.8, 4) is 0 Å². The first-order valence-electron chi connectivity index (χ1n) is 15.5. The summed E-state index contributed by atoms with van der Waals surface area (Å²) in [6.07, 6.45) is 24.2. The zero-order valence-corrected chi connectivity index (χ0v) is 24.9. The number of fused-ring (bicyclic) bond motifs is 1. The Kier molecular flexibility index (Phi) is 13.1. The Hall–Kier alpha value is -1.60. The average molecular weight is 503 g/mol. The van der Waals surface area contributed by atoms with Crippen LogP contribution in [0.15, 0.2) is 60.2 Å². The summed E-state index contributed by atoms with van der Waals surface area (Å²) in [6.45, 7) is 7.35. The van der Waals surface area contributed by atoms with Crippen molar-refractivity contribution in [2.75, 3.05) is 0 Å². The topological polar surface area (TPSA) is 0 Å². The maximum Gasteiger partial charge on any atom is 0.115 e. The van der Waals surface area contributed by atoms with Gasteiger partial charge in [-0.2, -0.15) is 0 Å². The van der Waals surface area contributed by atoms with E-state index in [-0.39, 0.29) is 0 Å². The van der Waals surface area contributed by atoms with Crippen LogP contribution in [0.4, 0.5) is 0 Å². The lowest BCUT2D eigenvalue weighted by Crippen LogP contribution is -2.46. The fourth-order valence-electron chi connectivity index (χ4n) is 6.54. The summed E-state index contributed by atoms with van der Waals surface area (Å²) in [5, 5.41) is 3.36. The number of hydrogen-bond donors (Lipinski definition) is 0. The summed E-state index contributed by atoms with van der Waals surface area (Å²) in [5.74, 6) is 0. The molecule has 0 bridgehead atoms. The SMILES string of the molecule is CCCCCCCCCCCCCCCCCC[Si](C)(C1=C(C)Cc2ccccc21)c1ccccc1. The van der Waals surface area contributed by atoms with Crippen molar-refractivity contribution in [3.63, 3.8) is 0 Å². The molecule has 198 valence electrons. The van der Waals surface area contributed by atoms with Gasteiger partial charge in [-0.15, -0.1) is 0 Å². The van der Waals surface area contributed by atoms with Gasteiger partial charge in [-0.1, -0.05) is 182 Å². The number of benzene rings is 2. The summed E-state index contributed by atoms with van der Waals surface area (Å²) >= 11 is 0. The molecule has 1 unspecified atom stereocenters. The van der Waals surface area contributed by atoms with Crippen LogP contribution in [0.25, 0.3) is 5.20 Å². The van der Waals surface area contributed by atoms with Crippen LogP contribution in [0, 0.1) is 0 Å². The van der Waals surface area contributed by atoms with Crippen molar-refractivity contribution in [3.05, 3.63) is 71.3 Å². The van der Waals surface area contributed by atoms with Gasteiger partial charge in [-0.25, -0.2) is 0 Å². The molecular weight excluding hydrogens is 448 g/mol. The average Bonchev–Trinajstić information content (AvgIpc) is 3.25. The Labute approximate surface area is 225 Å². The van der Waals surface area contributed by atoms with Gasteiger partial charge in [0.15, 0.2) is 0 Å². The molecule has 1 aliphatic rings. The highest BCUT2D eigenvalue weighted by molar-refractivity contribution is 7.05. The molecule has 0 nitrogen and oxygen atoms in total. The third-order valence-corrected chi connectivity index (χ3v) is 13.4. The highest BCUT2D eigenvalue weighted by Crippen LogP contribution is 2.41. The maximum absolute atomic E-state index is 2.65. The van der Waals surface area contributed by atoms with Crippen LogP contribution >= 0.6 is 0 Å². The van der Waals surface area contributed by atoms with E-state index in [1.54, 1.807) is 27.1 Å². The zero-order valence-electron chi connectivity index (χ0n) is 23.9. The second-order valence-corrected chi connectivity index (χ2v) is 16.0. The van der Waals surface area contributed by atoms with E-state index in [0.717, 1.165) is 6.42 Å². The Balaban J connectivity index is 1.34. The zero-order chi connectivity index (χ0) is 25.5. The minimum Gasteiger partial charge on any atom is -0.0686 e. The second-order valence-electron chi connectivity index (χ2n) is 11.7. The van der Waals surface area contributed by atoms with Crippen LogP contribution in [0.3, 0.4) is 0 Å². The minimum absolute atomic E-state index is 1.15. The van der Waals surface area contributed by atoms with E-state index in [0.29, 0.717) is 0 Å². The van der Waals surface area contributed by atoms with Crippen molar-refractivity contribution >= 4 is 18.5 Å². The first kappa shape index (κ1) is 29.0. The van der Waals surface area contributed by atoms with Gasteiger partial charge in [0.1, 0.15) is 8.07 Å². The van der Waals surface area contributed by atoms with Gasteiger partial charge in [0.2, 0.25) is 0 Å². The molecule has 0 heterocycles. The summed E-state index contributed by atoms with van der Waals surface area (Å²) in [7, 11) is -1.73. The molecule has 0 N–H and O–H groups in total. The molecule has 1 heteroatoms. The van der Waals surface area contributed by atoms with E-state index in [2.05, 4.69) is 75.0 Å². The first-order chi connectivity index (χ1) is 17.7. The highest BCUT2D eigenvalue weighted by Gasteiger charge is 2.38. The Morgan fingerprint density at radius 1 is 0.583 bits per heavy atom. The third kappa shape index (κ3) is 8.75. The predicted molar refractivity (Wildman–Crippen MR) is 165 cm³/mol. The number of unbranched alkanes of at least 4 members (excludes halogenated alkanes) is 15. The molecule has 36 heavy (non-hydrogen) atoms. The molecule has 0 spiro atoms. The first-order valence-corrected chi connectivity index (χ1v) is 18.2. The maximum atomic E-state index is 2.65. The van der Waals surface area contributed by atoms with Crippen LogP contribution in [-0.4, -0.2) is 8.07 Å². The van der Waals surface area contributed by atoms with Gasteiger partial charge >= 0.3 is 0 Å². The largest absolute Gasteiger partial charge is 0.115 e. The normalized spacial score (nSPS) is 14.8. The Morgan fingerprint density at radius 2 is 1.06 bits per heavy atom. The van der Waals surface area contributed by atoms with Crippen molar-refractivity contribution in [2.24, 2.45) is 0 Å². The summed E-state index contributed by atoms with van der Waals surface area (Å²) < 4.78 is 0. The molecule has 0 aliphatic heterocycles. The van der Waals surface area contributed by atoms with E-state index in [1.807, 2.05) is 0 Å². The molecule has 0 fully saturated rings. The standard InChI is InChI=1S/C35H54Si/c1-4-5-6-7-8-9-10-11-12-13-14-15-16-17-18-24-29-36(3,33-26-20-19-21-27-33)35-31(2)30-32-25-22-23-28-34(32)35/h19-23,25-28H,4-18,24,29-30H2,1-3H3. The van der Waals surface area contributed by atoms with Crippen LogP contribution < -0.4 is 5.19 Å². The second kappa shape index (κ2) is 16.3. The van der Waals surface area contributed by atoms with Crippen LogP contribution in [-0.2, 0) is 6.42 Å². The molecular formula is C35H54Si. The van der Waals surface area contributed by atoms with E-state index in [4.69, 9.17) is 0 Å². The Bertz CT molecular complexity index is 896. The summed E-state index contributed by atoms with van der Waals surface area (Å²) in [4.78, 5) is 0. The molecule has 0 aromatic heterocycles. The van der Waals surface area contributed by atoms with E-state index in [9.17, 15) is 0 Å². The Morgan fingerprint density at radius 3 is 1.61 bits per heavy atom. The van der Waals surface area contributed by atoms with Crippen molar-refractivity contribution in [2.45, 2.75) is 136 Å². The van der Waals surface area contributed by atoms with E-state index < -0.39 is 8.07 Å². The monoisotopic (exact) mass is 502 g/mol. The van der Waals surface area contributed by atoms with Gasteiger partial charge in [-0.05, 0) is 35.7 Å².